The lowest BCUT2D eigenvalue weighted by Crippen LogP contribution is -2.33. The van der Waals surface area contributed by atoms with Gasteiger partial charge < -0.3 is 18.8 Å². The molecule has 0 radical (unpaired) electrons. The first kappa shape index (κ1) is 22.3. The first-order valence-corrected chi connectivity index (χ1v) is 10.6. The van der Waals surface area contributed by atoms with Gasteiger partial charge in [0.15, 0.2) is 24.2 Å². The summed E-state index contributed by atoms with van der Waals surface area (Å²) in [6.45, 7) is 4.34. The molecule has 0 unspecified atom stereocenters. The molecule has 0 aliphatic carbocycles. The van der Waals surface area contributed by atoms with E-state index in [0.717, 1.165) is 17.1 Å². The van der Waals surface area contributed by atoms with Crippen LogP contribution in [0, 0.1) is 19.7 Å². The Balaban J connectivity index is 1.35. The molecule has 0 fully saturated rings. The zero-order valence-electron chi connectivity index (χ0n) is 18.4. The molecule has 2 aromatic carbocycles. The van der Waals surface area contributed by atoms with Crippen molar-refractivity contribution < 1.29 is 28.2 Å². The van der Waals surface area contributed by atoms with Gasteiger partial charge in [0.2, 0.25) is 5.78 Å². The average molecular weight is 449 g/mol. The third-order valence-corrected chi connectivity index (χ3v) is 5.46. The predicted octanol–water partition coefficient (Wildman–Crippen LogP) is 4.52. The number of hydrogen-bond donors (Lipinski definition) is 0. The molecule has 1 aliphatic heterocycles. The van der Waals surface area contributed by atoms with Crippen molar-refractivity contribution in [2.75, 3.05) is 13.2 Å². The van der Waals surface area contributed by atoms with Crippen LogP contribution in [0.2, 0.25) is 0 Å². The molecule has 170 valence electrons. The number of carbonyl (C=O) groups is 2. The van der Waals surface area contributed by atoms with E-state index in [-0.39, 0.29) is 24.3 Å². The lowest BCUT2D eigenvalue weighted by atomic mass is 10.1. The highest BCUT2D eigenvalue weighted by atomic mass is 19.1. The maximum atomic E-state index is 12.9. The van der Waals surface area contributed by atoms with Crippen LogP contribution in [0.4, 0.5) is 4.39 Å². The van der Waals surface area contributed by atoms with Crippen molar-refractivity contribution in [2.45, 2.75) is 26.5 Å². The molecule has 0 spiro atoms. The number of hydrogen-bond acceptors (Lipinski definition) is 5. The van der Waals surface area contributed by atoms with Crippen LogP contribution in [-0.2, 0) is 16.1 Å². The lowest BCUT2D eigenvalue weighted by Gasteiger charge is -2.27. The second-order valence-corrected chi connectivity index (χ2v) is 7.81. The molecule has 1 aromatic heterocycles. The average Bonchev–Trinajstić information content (AvgIpc) is 3.10. The Kier molecular flexibility index (Phi) is 6.58. The molecule has 33 heavy (non-hydrogen) atoms. The first-order valence-electron chi connectivity index (χ1n) is 10.6. The zero-order valence-corrected chi connectivity index (χ0v) is 18.4. The molecule has 0 amide bonds. The van der Waals surface area contributed by atoms with Gasteiger partial charge in [-0.15, -0.1) is 0 Å². The monoisotopic (exact) mass is 449 g/mol. The van der Waals surface area contributed by atoms with Crippen LogP contribution in [0.1, 0.15) is 27.3 Å². The molecule has 7 heteroatoms. The summed E-state index contributed by atoms with van der Waals surface area (Å²) in [5, 5.41) is 0. The highest BCUT2D eigenvalue weighted by molar-refractivity contribution is 6.00. The molecule has 0 N–H and O–H groups in total. The van der Waals surface area contributed by atoms with Crippen molar-refractivity contribution >= 4 is 17.8 Å². The van der Waals surface area contributed by atoms with Gasteiger partial charge in [-0.3, -0.25) is 4.79 Å². The van der Waals surface area contributed by atoms with Crippen molar-refractivity contribution in [2.24, 2.45) is 0 Å². The van der Waals surface area contributed by atoms with Crippen LogP contribution in [0.3, 0.4) is 0 Å². The first-order chi connectivity index (χ1) is 15.9. The van der Waals surface area contributed by atoms with Gasteiger partial charge in [-0.2, -0.15) is 0 Å². The van der Waals surface area contributed by atoms with E-state index >= 15 is 0 Å². The summed E-state index contributed by atoms with van der Waals surface area (Å²) in [5.74, 6) is 0.135. The molecule has 0 bridgehead atoms. The van der Waals surface area contributed by atoms with Crippen molar-refractivity contribution in [3.63, 3.8) is 0 Å². The fourth-order valence-electron chi connectivity index (χ4n) is 3.72. The number of carbonyl (C=O) groups excluding carboxylic acids is 2. The van der Waals surface area contributed by atoms with Crippen molar-refractivity contribution in [3.8, 4) is 11.5 Å². The largest absolute Gasteiger partial charge is 0.486 e. The van der Waals surface area contributed by atoms with Gasteiger partial charge in [0.25, 0.3) is 0 Å². The standard InChI is InChI=1S/C26H24FNO5/c1-17-13-22(23(29)16-32-26(30)12-9-19-7-10-20(27)11-8-19)18(2)28(17)14-21-15-31-24-5-3-4-6-25(24)33-21/h3-13,21H,14-16H2,1-2H3/b12-9+/t21-/m1/s1. The van der Waals surface area contributed by atoms with Gasteiger partial charge in [-0.1, -0.05) is 24.3 Å². The van der Waals surface area contributed by atoms with E-state index < -0.39 is 5.97 Å². The normalized spacial score (nSPS) is 14.9. The maximum Gasteiger partial charge on any atom is 0.331 e. The SMILES string of the molecule is Cc1cc(C(=O)COC(=O)/C=C/c2ccc(F)cc2)c(C)n1C[C@@H]1COc2ccccc2O1. The van der Waals surface area contributed by atoms with E-state index in [1.165, 1.54) is 24.3 Å². The zero-order chi connectivity index (χ0) is 23.4. The molecule has 3 aromatic rings. The number of benzene rings is 2. The fourth-order valence-corrected chi connectivity index (χ4v) is 3.72. The molecule has 2 heterocycles. The summed E-state index contributed by atoms with van der Waals surface area (Å²) in [7, 11) is 0. The predicted molar refractivity (Wildman–Crippen MR) is 121 cm³/mol. The Hall–Kier alpha value is -3.87. The summed E-state index contributed by atoms with van der Waals surface area (Å²) >= 11 is 0. The quantitative estimate of drug-likeness (QED) is 0.301. The van der Waals surface area contributed by atoms with E-state index in [2.05, 4.69) is 0 Å². The Morgan fingerprint density at radius 2 is 1.85 bits per heavy atom. The third-order valence-electron chi connectivity index (χ3n) is 5.46. The maximum absolute atomic E-state index is 12.9. The Bertz CT molecular complexity index is 1200. The van der Waals surface area contributed by atoms with E-state index in [1.54, 1.807) is 18.2 Å². The summed E-state index contributed by atoms with van der Waals surface area (Å²) in [6, 6.07) is 15.0. The lowest BCUT2D eigenvalue weighted by molar-refractivity contribution is -0.136. The van der Waals surface area contributed by atoms with Gasteiger partial charge in [0.1, 0.15) is 12.4 Å². The molecular formula is C26H24FNO5. The van der Waals surface area contributed by atoms with Crippen LogP contribution in [0.5, 0.6) is 11.5 Å². The summed E-state index contributed by atoms with van der Waals surface area (Å²) in [5.41, 5.74) is 2.83. The van der Waals surface area contributed by atoms with Gasteiger partial charge in [0, 0.05) is 23.0 Å². The molecule has 1 aliphatic rings. The summed E-state index contributed by atoms with van der Waals surface area (Å²) in [6.07, 6.45) is 2.52. The second-order valence-electron chi connectivity index (χ2n) is 7.81. The molecule has 1 atom stereocenters. The summed E-state index contributed by atoms with van der Waals surface area (Å²) in [4.78, 5) is 24.7. The highest BCUT2D eigenvalue weighted by Gasteiger charge is 2.24. The Morgan fingerprint density at radius 3 is 2.61 bits per heavy atom. The van der Waals surface area contributed by atoms with Crippen molar-refractivity contribution in [1.82, 2.24) is 4.57 Å². The smallest absolute Gasteiger partial charge is 0.331 e. The Morgan fingerprint density at radius 1 is 1.12 bits per heavy atom. The van der Waals surface area contributed by atoms with Crippen molar-refractivity contribution in [3.05, 3.63) is 89.0 Å². The number of aromatic nitrogens is 1. The van der Waals surface area contributed by atoms with E-state index in [9.17, 15) is 14.0 Å². The van der Waals surface area contributed by atoms with Gasteiger partial charge >= 0.3 is 5.97 Å². The number of rotatable bonds is 7. The Labute approximate surface area is 191 Å². The van der Waals surface area contributed by atoms with Crippen LogP contribution >= 0.6 is 0 Å². The van der Waals surface area contributed by atoms with Crippen LogP contribution in [0.15, 0.2) is 60.7 Å². The second kappa shape index (κ2) is 9.73. The number of aryl methyl sites for hydroxylation is 1. The highest BCUT2D eigenvalue weighted by Crippen LogP contribution is 2.31. The molecule has 4 rings (SSSR count). The number of fused-ring (bicyclic) bond motifs is 1. The number of nitrogens with zero attached hydrogens (tertiary/aromatic N) is 1. The molecule has 6 nitrogen and oxygen atoms in total. The minimum atomic E-state index is -0.645. The summed E-state index contributed by atoms with van der Waals surface area (Å²) < 4.78 is 31.9. The van der Waals surface area contributed by atoms with Gasteiger partial charge in [-0.05, 0) is 55.8 Å². The molecule has 0 saturated carbocycles. The van der Waals surface area contributed by atoms with Crippen molar-refractivity contribution in [1.29, 1.82) is 0 Å². The number of halogens is 1. The van der Waals surface area contributed by atoms with E-state index in [1.807, 2.05) is 42.7 Å². The topological polar surface area (TPSA) is 66.8 Å². The van der Waals surface area contributed by atoms with Crippen LogP contribution < -0.4 is 9.47 Å². The van der Waals surface area contributed by atoms with E-state index in [0.29, 0.717) is 30.0 Å². The number of Topliss-reactive ketones (excluding diaryl/α,β-unsaturated/α-hetero) is 1. The number of ether oxygens (including phenoxy) is 3. The number of ketones is 1. The van der Waals surface area contributed by atoms with E-state index in [4.69, 9.17) is 14.2 Å². The minimum Gasteiger partial charge on any atom is -0.486 e. The minimum absolute atomic E-state index is 0.193. The number of esters is 1. The van der Waals surface area contributed by atoms with Gasteiger partial charge in [0.05, 0.1) is 6.54 Å². The third kappa shape index (κ3) is 5.31. The number of para-hydroxylation sites is 2. The van der Waals surface area contributed by atoms with Gasteiger partial charge in [-0.25, -0.2) is 9.18 Å². The molecule has 0 saturated heterocycles. The molecular weight excluding hydrogens is 425 g/mol. The van der Waals surface area contributed by atoms with Crippen LogP contribution in [0.25, 0.3) is 6.08 Å². The van der Waals surface area contributed by atoms with Crippen LogP contribution in [-0.4, -0.2) is 35.6 Å². The fraction of sp³-hybridized carbons (Fsp3) is 0.231.